The molecule has 0 saturated carbocycles. The van der Waals surface area contributed by atoms with E-state index in [1.165, 1.54) is 0 Å². The average molecular weight is 198 g/mol. The van der Waals surface area contributed by atoms with E-state index < -0.39 is 17.9 Å². The molecule has 4 nitrogen and oxygen atoms in total. The molecule has 0 saturated heterocycles. The van der Waals surface area contributed by atoms with Gasteiger partial charge in [-0.1, -0.05) is 6.92 Å². The van der Waals surface area contributed by atoms with Crippen LogP contribution in [0.4, 0.5) is 0 Å². The first kappa shape index (κ1) is 12.5. The molecule has 0 aliphatic carbocycles. The maximum atomic E-state index is 11.2. The van der Waals surface area contributed by atoms with Gasteiger partial charge in [0, 0.05) is 6.42 Å². The van der Waals surface area contributed by atoms with Gasteiger partial charge in [-0.15, -0.1) is 12.3 Å². The van der Waals surface area contributed by atoms with Crippen LogP contribution in [-0.2, 0) is 14.3 Å². The molecule has 2 atom stereocenters. The van der Waals surface area contributed by atoms with Crippen molar-refractivity contribution < 1.29 is 19.4 Å². The Balaban J connectivity index is 4.31. The molecule has 0 fully saturated rings. The molecule has 1 N–H and O–H groups in total. The number of aliphatic carboxylic acids is 1. The molecule has 0 aliphatic heterocycles. The highest BCUT2D eigenvalue weighted by atomic mass is 16.5. The molecule has 0 spiro atoms. The highest BCUT2D eigenvalue weighted by Gasteiger charge is 2.27. The molecule has 0 aliphatic rings. The van der Waals surface area contributed by atoms with Gasteiger partial charge in [0.2, 0.25) is 0 Å². The lowest BCUT2D eigenvalue weighted by atomic mass is 10.1. The summed E-state index contributed by atoms with van der Waals surface area (Å²) in [5, 5.41) is 8.66. The molecule has 14 heavy (non-hydrogen) atoms. The second kappa shape index (κ2) is 6.03. The molecule has 0 bridgehead atoms. The predicted molar refractivity (Wildman–Crippen MR) is 50.4 cm³/mol. The fourth-order valence-electron chi connectivity index (χ4n) is 0.753. The molecule has 4 heteroatoms. The molecule has 0 rings (SSSR count). The molecule has 0 aromatic rings. The molecular formula is C10H14O4. The molecular weight excluding hydrogens is 184 g/mol. The average Bonchev–Trinajstić information content (AvgIpc) is 2.13. The number of esters is 1. The van der Waals surface area contributed by atoms with Crippen LogP contribution in [0.2, 0.25) is 0 Å². The molecule has 2 unspecified atom stereocenters. The fraction of sp³-hybridized carbons (Fsp3) is 0.600. The molecule has 0 aromatic carbocycles. The lowest BCUT2D eigenvalue weighted by Crippen LogP contribution is -2.28. The number of carboxylic acids is 1. The quantitative estimate of drug-likeness (QED) is 0.407. The molecule has 0 radical (unpaired) electrons. The Kier molecular flexibility index (Phi) is 5.38. The topological polar surface area (TPSA) is 63.6 Å². The third-order valence-electron chi connectivity index (χ3n) is 1.80. The smallest absolute Gasteiger partial charge is 0.321 e. The van der Waals surface area contributed by atoms with Gasteiger partial charge in [-0.25, -0.2) is 0 Å². The number of hydrogen-bond acceptors (Lipinski definition) is 3. The summed E-state index contributed by atoms with van der Waals surface area (Å²) in [6.07, 6.45) is 5.18. The summed E-state index contributed by atoms with van der Waals surface area (Å²) in [7, 11) is 0. The maximum absolute atomic E-state index is 11.2. The van der Waals surface area contributed by atoms with Gasteiger partial charge in [0.25, 0.3) is 0 Å². The van der Waals surface area contributed by atoms with E-state index in [1.54, 1.807) is 6.92 Å². The summed E-state index contributed by atoms with van der Waals surface area (Å²) >= 11 is 0. The van der Waals surface area contributed by atoms with E-state index in [4.69, 9.17) is 16.3 Å². The van der Waals surface area contributed by atoms with E-state index in [0.29, 0.717) is 6.42 Å². The molecule has 0 amide bonds. The van der Waals surface area contributed by atoms with E-state index in [9.17, 15) is 9.59 Å². The Hall–Kier alpha value is -1.50. The van der Waals surface area contributed by atoms with Gasteiger partial charge < -0.3 is 9.84 Å². The van der Waals surface area contributed by atoms with E-state index in [2.05, 4.69) is 5.92 Å². The Bertz CT molecular complexity index is 251. The van der Waals surface area contributed by atoms with Crippen molar-refractivity contribution in [2.24, 2.45) is 5.92 Å². The van der Waals surface area contributed by atoms with Gasteiger partial charge in [0.15, 0.2) is 5.92 Å². The number of carboxylic acid groups (broad SMARTS) is 1. The Morgan fingerprint density at radius 1 is 1.57 bits per heavy atom. The van der Waals surface area contributed by atoms with E-state index in [-0.39, 0.29) is 12.5 Å². The summed E-state index contributed by atoms with van der Waals surface area (Å²) in [6, 6.07) is 0. The Labute approximate surface area is 83.3 Å². The second-order valence-electron chi connectivity index (χ2n) is 2.95. The van der Waals surface area contributed by atoms with Crippen LogP contribution in [0, 0.1) is 18.3 Å². The van der Waals surface area contributed by atoms with Crippen molar-refractivity contribution in [3.05, 3.63) is 0 Å². The Morgan fingerprint density at radius 2 is 2.14 bits per heavy atom. The van der Waals surface area contributed by atoms with Gasteiger partial charge in [0.1, 0.15) is 0 Å². The van der Waals surface area contributed by atoms with Crippen molar-refractivity contribution >= 4 is 11.9 Å². The number of rotatable bonds is 5. The minimum absolute atomic E-state index is 0.134. The first-order chi connectivity index (χ1) is 6.52. The summed E-state index contributed by atoms with van der Waals surface area (Å²) in [6.45, 7) is 3.54. The summed E-state index contributed by atoms with van der Waals surface area (Å²) in [5.41, 5.74) is 0. The van der Waals surface area contributed by atoms with E-state index in [0.717, 1.165) is 0 Å². The highest BCUT2D eigenvalue weighted by molar-refractivity contribution is 5.94. The number of hydrogen-bond donors (Lipinski definition) is 1. The minimum atomic E-state index is -1.24. The summed E-state index contributed by atoms with van der Waals surface area (Å²) in [4.78, 5) is 21.8. The number of carbonyl (C=O) groups is 2. The number of ether oxygens (including phenoxy) is 1. The van der Waals surface area contributed by atoms with Crippen molar-refractivity contribution in [3.8, 4) is 12.3 Å². The van der Waals surface area contributed by atoms with Crippen LogP contribution in [0.25, 0.3) is 0 Å². The Morgan fingerprint density at radius 3 is 2.50 bits per heavy atom. The normalized spacial score (nSPS) is 13.8. The van der Waals surface area contributed by atoms with Crippen molar-refractivity contribution in [2.45, 2.75) is 32.8 Å². The van der Waals surface area contributed by atoms with Crippen molar-refractivity contribution in [1.82, 2.24) is 0 Å². The minimum Gasteiger partial charge on any atom is -0.481 e. The highest BCUT2D eigenvalue weighted by Crippen LogP contribution is 2.08. The lowest BCUT2D eigenvalue weighted by Gasteiger charge is -2.13. The zero-order chi connectivity index (χ0) is 11.1. The van der Waals surface area contributed by atoms with Crippen LogP contribution < -0.4 is 0 Å². The van der Waals surface area contributed by atoms with Crippen molar-refractivity contribution in [2.75, 3.05) is 0 Å². The van der Waals surface area contributed by atoms with Crippen LogP contribution in [0.15, 0.2) is 0 Å². The van der Waals surface area contributed by atoms with Gasteiger partial charge in [0.05, 0.1) is 6.10 Å². The fourth-order valence-corrected chi connectivity index (χ4v) is 0.753. The zero-order valence-electron chi connectivity index (χ0n) is 8.32. The first-order valence-corrected chi connectivity index (χ1v) is 4.39. The SMILES string of the molecule is C#CCC(C(=O)O)C(=O)OC(C)CC. The predicted octanol–water partition coefficient (Wildman–Crippen LogP) is 1.05. The largest absolute Gasteiger partial charge is 0.481 e. The molecule has 0 heterocycles. The van der Waals surface area contributed by atoms with Gasteiger partial charge >= 0.3 is 11.9 Å². The van der Waals surface area contributed by atoms with Crippen LogP contribution in [-0.4, -0.2) is 23.1 Å². The zero-order valence-corrected chi connectivity index (χ0v) is 8.32. The maximum Gasteiger partial charge on any atom is 0.321 e. The second-order valence-corrected chi connectivity index (χ2v) is 2.95. The number of carbonyl (C=O) groups excluding carboxylic acids is 1. The van der Waals surface area contributed by atoms with Crippen LogP contribution in [0.1, 0.15) is 26.7 Å². The van der Waals surface area contributed by atoms with E-state index in [1.807, 2.05) is 6.92 Å². The number of terminal acetylenes is 1. The van der Waals surface area contributed by atoms with Crippen LogP contribution in [0.5, 0.6) is 0 Å². The van der Waals surface area contributed by atoms with Crippen molar-refractivity contribution in [3.63, 3.8) is 0 Å². The standard InChI is InChI=1S/C10H14O4/c1-4-6-8(9(11)12)10(13)14-7(3)5-2/h1,7-8H,5-6H2,2-3H3,(H,11,12). The summed E-state index contributed by atoms with van der Waals surface area (Å²) in [5.74, 6) is -1.10. The summed E-state index contributed by atoms with van der Waals surface area (Å²) < 4.78 is 4.86. The van der Waals surface area contributed by atoms with Gasteiger partial charge in [-0.2, -0.15) is 0 Å². The molecule has 0 aromatic heterocycles. The van der Waals surface area contributed by atoms with Crippen molar-refractivity contribution in [1.29, 1.82) is 0 Å². The van der Waals surface area contributed by atoms with Gasteiger partial charge in [-0.05, 0) is 13.3 Å². The monoisotopic (exact) mass is 198 g/mol. The van der Waals surface area contributed by atoms with E-state index >= 15 is 0 Å². The van der Waals surface area contributed by atoms with Gasteiger partial charge in [-0.3, -0.25) is 9.59 Å². The first-order valence-electron chi connectivity index (χ1n) is 4.39. The lowest BCUT2D eigenvalue weighted by molar-refractivity contribution is -0.161. The third-order valence-corrected chi connectivity index (χ3v) is 1.80. The van der Waals surface area contributed by atoms with Crippen LogP contribution >= 0.6 is 0 Å². The third kappa shape index (κ3) is 3.94. The van der Waals surface area contributed by atoms with Crippen LogP contribution in [0.3, 0.4) is 0 Å². The molecule has 78 valence electrons.